The van der Waals surface area contributed by atoms with Gasteiger partial charge in [0.25, 0.3) is 6.43 Å². The minimum absolute atomic E-state index is 0.0316. The predicted octanol–water partition coefficient (Wildman–Crippen LogP) is 4.59. The van der Waals surface area contributed by atoms with Crippen molar-refractivity contribution in [2.75, 3.05) is 28.2 Å². The Balaban J connectivity index is 1.63. The average molecular weight is 569 g/mol. The van der Waals surface area contributed by atoms with Crippen LogP contribution in [-0.4, -0.2) is 56.2 Å². The van der Waals surface area contributed by atoms with Gasteiger partial charge in [0.1, 0.15) is 17.2 Å². The molecule has 4 aromatic heterocycles. The van der Waals surface area contributed by atoms with E-state index < -0.39 is 22.3 Å². The van der Waals surface area contributed by atoms with Gasteiger partial charge in [-0.2, -0.15) is 0 Å². The van der Waals surface area contributed by atoms with E-state index in [1.54, 1.807) is 36.8 Å². The third kappa shape index (κ3) is 5.27. The number of pyridine rings is 1. The summed E-state index contributed by atoms with van der Waals surface area (Å²) < 4.78 is 55.1. The van der Waals surface area contributed by atoms with Crippen molar-refractivity contribution >= 4 is 49.9 Å². The van der Waals surface area contributed by atoms with Gasteiger partial charge in [-0.05, 0) is 26.0 Å². The molecule has 0 fully saturated rings. The molecule has 0 unspecified atom stereocenters. The van der Waals surface area contributed by atoms with Crippen LogP contribution in [0.2, 0.25) is 0 Å². The summed E-state index contributed by atoms with van der Waals surface area (Å²) >= 11 is 0. The van der Waals surface area contributed by atoms with E-state index in [0.29, 0.717) is 28.6 Å². The largest absolute Gasteiger partial charge is 0.352 e. The number of rotatable bonds is 8. The van der Waals surface area contributed by atoms with Crippen LogP contribution in [0.4, 0.5) is 37.5 Å². The first-order chi connectivity index (χ1) is 18.9. The van der Waals surface area contributed by atoms with Crippen molar-refractivity contribution < 1.29 is 17.2 Å². The number of hydrogen-bond donors (Lipinski definition) is 3. The van der Waals surface area contributed by atoms with Gasteiger partial charge in [-0.15, -0.1) is 0 Å². The molecule has 12 nitrogen and oxygen atoms in total. The summed E-state index contributed by atoms with van der Waals surface area (Å²) in [4.78, 5) is 23.8. The van der Waals surface area contributed by atoms with Crippen LogP contribution in [0.3, 0.4) is 0 Å². The lowest BCUT2D eigenvalue weighted by atomic mass is 10.1. The Morgan fingerprint density at radius 2 is 1.77 bits per heavy atom. The van der Waals surface area contributed by atoms with Gasteiger partial charge < -0.3 is 20.2 Å². The molecule has 5 rings (SSSR count). The van der Waals surface area contributed by atoms with E-state index in [4.69, 9.17) is 0 Å². The lowest BCUT2D eigenvalue weighted by molar-refractivity contribution is 0.142. The Labute approximate surface area is 228 Å². The van der Waals surface area contributed by atoms with E-state index in [9.17, 15) is 17.2 Å². The second-order valence-electron chi connectivity index (χ2n) is 9.20. The summed E-state index contributed by atoms with van der Waals surface area (Å²) in [5.41, 5.74) is 4.30. The van der Waals surface area contributed by atoms with Crippen LogP contribution >= 0.6 is 0 Å². The number of aromatic nitrogens is 7. The molecule has 15 heteroatoms. The summed E-state index contributed by atoms with van der Waals surface area (Å²) in [5, 5.41) is 6.24. The highest BCUT2D eigenvalue weighted by atomic mass is 32.2. The summed E-state index contributed by atoms with van der Waals surface area (Å²) in [6.07, 6.45) is 3.08. The van der Waals surface area contributed by atoms with E-state index in [0.717, 1.165) is 27.5 Å². The van der Waals surface area contributed by atoms with Gasteiger partial charge in [0, 0.05) is 25.7 Å². The third-order valence-electron chi connectivity index (χ3n) is 6.35. The molecule has 0 bridgehead atoms. The highest BCUT2D eigenvalue weighted by molar-refractivity contribution is 7.92. The lowest BCUT2D eigenvalue weighted by Crippen LogP contribution is -2.25. The molecule has 208 valence electrons. The first-order valence-electron chi connectivity index (χ1n) is 12.0. The van der Waals surface area contributed by atoms with Gasteiger partial charge in [-0.1, -0.05) is 6.07 Å². The third-order valence-corrected chi connectivity index (χ3v) is 7.54. The van der Waals surface area contributed by atoms with Crippen LogP contribution in [0.5, 0.6) is 0 Å². The Morgan fingerprint density at radius 1 is 1.00 bits per heavy atom. The van der Waals surface area contributed by atoms with Gasteiger partial charge in [-0.3, -0.25) is 9.29 Å². The molecular formula is C25H26F2N10O2S. The normalized spacial score (nSPS) is 11.8. The first kappa shape index (κ1) is 26.9. The number of anilines is 5. The smallest absolute Gasteiger partial charge is 0.295 e. The lowest BCUT2D eigenvalue weighted by Gasteiger charge is -2.22. The zero-order valence-corrected chi connectivity index (χ0v) is 23.0. The van der Waals surface area contributed by atoms with Gasteiger partial charge in [0.05, 0.1) is 59.1 Å². The average Bonchev–Trinajstić information content (AvgIpc) is 3.52. The van der Waals surface area contributed by atoms with Crippen LogP contribution in [0.25, 0.3) is 22.4 Å². The summed E-state index contributed by atoms with van der Waals surface area (Å²) in [7, 11) is -0.400. The van der Waals surface area contributed by atoms with Gasteiger partial charge in [0.15, 0.2) is 11.5 Å². The zero-order chi connectivity index (χ0) is 28.8. The fourth-order valence-electron chi connectivity index (χ4n) is 4.02. The molecular weight excluding hydrogens is 542 g/mol. The number of fused-ring (bicyclic) bond motifs is 1. The van der Waals surface area contributed by atoms with Gasteiger partial charge in [0.2, 0.25) is 10.0 Å². The summed E-state index contributed by atoms with van der Waals surface area (Å²) in [6.45, 7) is 3.65. The number of aryl methyl sites for hydroxylation is 3. The molecule has 0 atom stereocenters. The monoisotopic (exact) mass is 568 g/mol. The molecule has 4 heterocycles. The van der Waals surface area contributed by atoms with E-state index in [1.165, 1.54) is 13.2 Å². The molecule has 40 heavy (non-hydrogen) atoms. The predicted molar refractivity (Wildman–Crippen MR) is 149 cm³/mol. The van der Waals surface area contributed by atoms with Crippen molar-refractivity contribution in [1.82, 2.24) is 34.5 Å². The van der Waals surface area contributed by atoms with Gasteiger partial charge >= 0.3 is 0 Å². The summed E-state index contributed by atoms with van der Waals surface area (Å²) in [6, 6.07) is 6.81. The first-order valence-corrected chi connectivity index (χ1v) is 13.8. The number of benzene rings is 1. The minimum Gasteiger partial charge on any atom is -0.352 e. The van der Waals surface area contributed by atoms with Crippen molar-refractivity contribution in [2.45, 2.75) is 20.3 Å². The minimum atomic E-state index is -3.66. The number of sulfonamides is 1. The maximum Gasteiger partial charge on any atom is 0.295 e. The maximum absolute atomic E-state index is 13.5. The fourth-order valence-corrected chi connectivity index (χ4v) is 4.53. The molecule has 5 aromatic rings. The molecule has 0 aliphatic heterocycles. The number of halogens is 2. The maximum atomic E-state index is 13.5. The molecule has 0 amide bonds. The van der Waals surface area contributed by atoms with Crippen molar-refractivity contribution in [3.05, 3.63) is 60.2 Å². The number of nitrogens with zero attached hydrogens (tertiary/aromatic N) is 7. The van der Waals surface area contributed by atoms with Crippen molar-refractivity contribution in [2.24, 2.45) is 7.05 Å². The number of hydrogen-bond acceptors (Lipinski definition) is 9. The van der Waals surface area contributed by atoms with Crippen LogP contribution in [-0.2, 0) is 17.1 Å². The number of aromatic amines is 1. The van der Waals surface area contributed by atoms with Crippen LogP contribution in [0.15, 0.2) is 43.0 Å². The molecule has 3 N–H and O–H groups in total. The van der Waals surface area contributed by atoms with Crippen molar-refractivity contribution in [1.29, 1.82) is 0 Å². The number of imidazole rings is 2. The topological polar surface area (TPSA) is 147 Å². The van der Waals surface area contributed by atoms with E-state index in [2.05, 4.69) is 40.5 Å². The van der Waals surface area contributed by atoms with E-state index in [-0.39, 0.29) is 17.0 Å². The zero-order valence-electron chi connectivity index (χ0n) is 22.2. The molecule has 1 aromatic carbocycles. The van der Waals surface area contributed by atoms with Crippen LogP contribution < -0.4 is 14.9 Å². The number of alkyl halides is 2. The fraction of sp³-hybridized carbons (Fsp3) is 0.240. The highest BCUT2D eigenvalue weighted by Gasteiger charge is 2.21. The second kappa shape index (κ2) is 10.1. The summed E-state index contributed by atoms with van der Waals surface area (Å²) in [5.74, 6) is 0.127. The second-order valence-corrected chi connectivity index (χ2v) is 11.2. The van der Waals surface area contributed by atoms with E-state index >= 15 is 0 Å². The highest BCUT2D eigenvalue weighted by Crippen LogP contribution is 2.37. The molecule has 0 aliphatic carbocycles. The molecule has 0 saturated heterocycles. The quantitative estimate of drug-likeness (QED) is 0.245. The van der Waals surface area contributed by atoms with Gasteiger partial charge in [-0.25, -0.2) is 37.1 Å². The standard InChI is InChI=1S/C25H26F2N10O2S/c1-13-14(2)30-21(11-29-13)32-20-9-17(22-24(33-20)35-25(34-22)23(26)27)31-16-7-6-15(19-10-28-12-36(19)3)8-18(16)37(4)40(5,38)39/h6-12,23H,1-5H3,(H3,30,31,32,33,34,35). The molecule has 0 saturated carbocycles. The SMILES string of the molecule is Cc1ncc(Nc2cc(Nc3ccc(-c4cncn4C)cc3N(C)S(C)(=O)=O)c3[nH]c(C(F)F)nc3n2)nc1C. The van der Waals surface area contributed by atoms with Crippen LogP contribution in [0, 0.1) is 13.8 Å². The number of nitrogens with one attached hydrogen (secondary N) is 3. The Bertz CT molecular complexity index is 1830. The Kier molecular flexibility index (Phi) is 6.83. The van der Waals surface area contributed by atoms with Crippen molar-refractivity contribution in [3.63, 3.8) is 0 Å². The molecule has 0 aliphatic rings. The number of H-pyrrole nitrogens is 1. The van der Waals surface area contributed by atoms with E-state index in [1.807, 2.05) is 25.5 Å². The Hall–Kier alpha value is -4.66. The van der Waals surface area contributed by atoms with Crippen molar-refractivity contribution in [3.8, 4) is 11.3 Å². The Morgan fingerprint density at radius 3 is 2.42 bits per heavy atom. The van der Waals surface area contributed by atoms with Crippen LogP contribution in [0.1, 0.15) is 23.6 Å². The molecule has 0 radical (unpaired) electrons. The molecule has 0 spiro atoms.